The van der Waals surface area contributed by atoms with Gasteiger partial charge < -0.3 is 14.8 Å². The Balaban J connectivity index is 1.97. The van der Waals surface area contributed by atoms with E-state index in [1.54, 1.807) is 0 Å². The van der Waals surface area contributed by atoms with Gasteiger partial charge in [0, 0.05) is 16.1 Å². The summed E-state index contributed by atoms with van der Waals surface area (Å²) < 4.78 is 12.9. The first-order chi connectivity index (χ1) is 10.2. The van der Waals surface area contributed by atoms with E-state index in [0.29, 0.717) is 25.2 Å². The Morgan fingerprint density at radius 1 is 1.29 bits per heavy atom. The van der Waals surface area contributed by atoms with Gasteiger partial charge in [-0.1, -0.05) is 36.2 Å². The molecule has 0 amide bonds. The molecule has 0 spiro atoms. The minimum absolute atomic E-state index is 0.427. The topological polar surface area (TPSA) is 30.5 Å². The smallest absolute Gasteiger partial charge is 0.165 e. The summed E-state index contributed by atoms with van der Waals surface area (Å²) in [5.41, 5.74) is 2.69. The first kappa shape index (κ1) is 15.2. The molecule has 1 N–H and O–H groups in total. The zero-order chi connectivity index (χ0) is 14.8. The van der Waals surface area contributed by atoms with Crippen molar-refractivity contribution in [2.45, 2.75) is 51.5 Å². The summed E-state index contributed by atoms with van der Waals surface area (Å²) >= 11 is 3.76. The van der Waals surface area contributed by atoms with Gasteiger partial charge in [-0.05, 0) is 43.4 Å². The van der Waals surface area contributed by atoms with E-state index in [9.17, 15) is 0 Å². The Hall–Kier alpha value is -0.740. The molecule has 3 rings (SSSR count). The Morgan fingerprint density at radius 2 is 2.10 bits per heavy atom. The summed E-state index contributed by atoms with van der Waals surface area (Å²) in [6.45, 7) is 6.90. The molecule has 1 fully saturated rings. The monoisotopic (exact) mass is 353 g/mol. The van der Waals surface area contributed by atoms with E-state index in [2.05, 4.69) is 41.2 Å². The molecular formula is C17H24BrNO2. The maximum Gasteiger partial charge on any atom is 0.165 e. The van der Waals surface area contributed by atoms with E-state index in [-0.39, 0.29) is 0 Å². The zero-order valence-electron chi connectivity index (χ0n) is 12.9. The average Bonchev–Trinajstić information content (AvgIpc) is 2.48. The molecule has 0 radical (unpaired) electrons. The second kappa shape index (κ2) is 6.57. The van der Waals surface area contributed by atoms with Gasteiger partial charge in [-0.25, -0.2) is 0 Å². The van der Waals surface area contributed by atoms with Crippen molar-refractivity contribution in [1.82, 2.24) is 5.32 Å². The maximum atomic E-state index is 5.93. The summed E-state index contributed by atoms with van der Waals surface area (Å²) in [7, 11) is 0. The second-order valence-electron chi connectivity index (χ2n) is 6.28. The fraction of sp³-hybridized carbons (Fsp3) is 0.647. The van der Waals surface area contributed by atoms with Crippen LogP contribution >= 0.6 is 15.9 Å². The minimum atomic E-state index is 0.427. The molecule has 116 valence electrons. The van der Waals surface area contributed by atoms with E-state index in [4.69, 9.17) is 9.47 Å². The molecule has 21 heavy (non-hydrogen) atoms. The number of hydrogen-bond donors (Lipinski definition) is 1. The molecule has 4 heteroatoms. The number of rotatable bonds is 3. The molecule has 2 heterocycles. The molecule has 1 saturated heterocycles. The number of nitrogens with one attached hydrogen (secondary N) is 1. The number of halogens is 1. The lowest BCUT2D eigenvalue weighted by atomic mass is 9.89. The van der Waals surface area contributed by atoms with Crippen molar-refractivity contribution in [3.8, 4) is 11.5 Å². The highest BCUT2D eigenvalue weighted by molar-refractivity contribution is 9.10. The van der Waals surface area contributed by atoms with Gasteiger partial charge in [0.1, 0.15) is 13.2 Å². The highest BCUT2D eigenvalue weighted by atomic mass is 79.9. The molecule has 1 aromatic carbocycles. The standard InChI is InChI=1S/C17H24BrNO2/c1-11(2)16-13(9-12-5-3-4-6-19-12)14(18)10-15-17(16)21-8-7-20-15/h10-12,19H,3-9H2,1-2H3. The van der Waals surface area contributed by atoms with Gasteiger partial charge in [0.2, 0.25) is 0 Å². The number of fused-ring (bicyclic) bond motifs is 1. The van der Waals surface area contributed by atoms with Crippen LogP contribution in [0, 0.1) is 0 Å². The predicted molar refractivity (Wildman–Crippen MR) is 88.6 cm³/mol. The van der Waals surface area contributed by atoms with Crippen LogP contribution in [0.4, 0.5) is 0 Å². The lowest BCUT2D eigenvalue weighted by Crippen LogP contribution is -2.36. The van der Waals surface area contributed by atoms with Crippen LogP contribution in [0.1, 0.15) is 50.2 Å². The molecule has 0 aromatic heterocycles. The first-order valence-corrected chi connectivity index (χ1v) is 8.80. The van der Waals surface area contributed by atoms with Crippen LogP contribution in [-0.4, -0.2) is 25.8 Å². The maximum absolute atomic E-state index is 5.93. The highest BCUT2D eigenvalue weighted by Crippen LogP contribution is 2.44. The molecule has 3 nitrogen and oxygen atoms in total. The SMILES string of the molecule is CC(C)c1c(CC2CCCCN2)c(Br)cc2c1OCCO2. The lowest BCUT2D eigenvalue weighted by Gasteiger charge is -2.29. The third-order valence-corrected chi connectivity index (χ3v) is 5.07. The molecule has 2 aliphatic rings. The van der Waals surface area contributed by atoms with E-state index >= 15 is 0 Å². The number of piperidine rings is 1. The van der Waals surface area contributed by atoms with Gasteiger partial charge in [-0.2, -0.15) is 0 Å². The molecular weight excluding hydrogens is 330 g/mol. The van der Waals surface area contributed by atoms with Crippen molar-refractivity contribution < 1.29 is 9.47 Å². The lowest BCUT2D eigenvalue weighted by molar-refractivity contribution is 0.169. The summed E-state index contributed by atoms with van der Waals surface area (Å²) in [5, 5.41) is 3.65. The normalized spacial score (nSPS) is 21.6. The molecule has 0 bridgehead atoms. The van der Waals surface area contributed by atoms with E-state index < -0.39 is 0 Å². The van der Waals surface area contributed by atoms with Crippen LogP contribution in [0.15, 0.2) is 10.5 Å². The van der Waals surface area contributed by atoms with Crippen LogP contribution < -0.4 is 14.8 Å². The van der Waals surface area contributed by atoms with Gasteiger partial charge in [-0.3, -0.25) is 0 Å². The zero-order valence-corrected chi connectivity index (χ0v) is 14.5. The van der Waals surface area contributed by atoms with Crippen molar-refractivity contribution in [3.63, 3.8) is 0 Å². The Bertz CT molecular complexity index is 510. The molecule has 1 atom stereocenters. The number of benzene rings is 1. The highest BCUT2D eigenvalue weighted by Gasteiger charge is 2.26. The molecule has 2 aliphatic heterocycles. The van der Waals surface area contributed by atoms with Gasteiger partial charge in [-0.15, -0.1) is 0 Å². The fourth-order valence-electron chi connectivity index (χ4n) is 3.38. The summed E-state index contributed by atoms with van der Waals surface area (Å²) in [6.07, 6.45) is 4.95. The molecule has 0 saturated carbocycles. The summed E-state index contributed by atoms with van der Waals surface area (Å²) in [5.74, 6) is 2.28. The van der Waals surface area contributed by atoms with Crippen molar-refractivity contribution in [3.05, 3.63) is 21.7 Å². The molecule has 0 aliphatic carbocycles. The quantitative estimate of drug-likeness (QED) is 0.889. The predicted octanol–water partition coefficient (Wildman–Crippen LogP) is 4.03. The minimum Gasteiger partial charge on any atom is -0.486 e. The summed E-state index contributed by atoms with van der Waals surface area (Å²) in [4.78, 5) is 0. The van der Waals surface area contributed by atoms with Gasteiger partial charge in [0.05, 0.1) is 0 Å². The number of ether oxygens (including phenoxy) is 2. The van der Waals surface area contributed by atoms with Gasteiger partial charge in [0.15, 0.2) is 11.5 Å². The van der Waals surface area contributed by atoms with E-state index in [0.717, 1.165) is 28.9 Å². The third kappa shape index (κ3) is 3.21. The van der Waals surface area contributed by atoms with E-state index in [1.807, 2.05) is 0 Å². The van der Waals surface area contributed by atoms with Crippen molar-refractivity contribution in [1.29, 1.82) is 0 Å². The average molecular weight is 354 g/mol. The third-order valence-electron chi connectivity index (χ3n) is 4.37. The van der Waals surface area contributed by atoms with Crippen LogP contribution in [-0.2, 0) is 6.42 Å². The molecule has 1 unspecified atom stereocenters. The Morgan fingerprint density at radius 3 is 2.81 bits per heavy atom. The summed E-state index contributed by atoms with van der Waals surface area (Å²) in [6, 6.07) is 2.66. The van der Waals surface area contributed by atoms with Crippen LogP contribution in [0.5, 0.6) is 11.5 Å². The van der Waals surface area contributed by atoms with Gasteiger partial charge in [0.25, 0.3) is 0 Å². The molecule has 1 aromatic rings. The van der Waals surface area contributed by atoms with Crippen LogP contribution in [0.25, 0.3) is 0 Å². The number of hydrogen-bond acceptors (Lipinski definition) is 3. The fourth-order valence-corrected chi connectivity index (χ4v) is 3.96. The van der Waals surface area contributed by atoms with Crippen molar-refractivity contribution in [2.75, 3.05) is 19.8 Å². The van der Waals surface area contributed by atoms with Crippen LogP contribution in [0.3, 0.4) is 0 Å². The van der Waals surface area contributed by atoms with Gasteiger partial charge >= 0.3 is 0 Å². The van der Waals surface area contributed by atoms with Crippen molar-refractivity contribution in [2.24, 2.45) is 0 Å². The van der Waals surface area contributed by atoms with Crippen molar-refractivity contribution >= 4 is 15.9 Å². The Kier molecular flexibility index (Phi) is 4.75. The first-order valence-electron chi connectivity index (χ1n) is 8.01. The second-order valence-corrected chi connectivity index (χ2v) is 7.13. The van der Waals surface area contributed by atoms with E-state index in [1.165, 1.54) is 30.4 Å². The largest absolute Gasteiger partial charge is 0.486 e. The Labute approximate surface area is 135 Å². The van der Waals surface area contributed by atoms with Crippen LogP contribution in [0.2, 0.25) is 0 Å².